The van der Waals surface area contributed by atoms with E-state index in [0.29, 0.717) is 39.0 Å². The summed E-state index contributed by atoms with van der Waals surface area (Å²) in [6.45, 7) is 5.72. The third-order valence-electron chi connectivity index (χ3n) is 4.17. The predicted octanol–water partition coefficient (Wildman–Crippen LogP) is 0.799. The minimum atomic E-state index is -0.0366. The molecule has 1 saturated heterocycles. The molecule has 0 spiro atoms. The molecule has 1 atom stereocenters. The van der Waals surface area contributed by atoms with E-state index in [4.69, 9.17) is 4.74 Å². The van der Waals surface area contributed by atoms with E-state index >= 15 is 0 Å². The molecule has 1 aliphatic rings. The molecule has 0 bridgehead atoms. The number of piperidine rings is 1. The molecule has 0 saturated carbocycles. The molecule has 7 heteroatoms. The van der Waals surface area contributed by atoms with Crippen LogP contribution in [0.5, 0.6) is 0 Å². The Morgan fingerprint density at radius 3 is 2.75 bits per heavy atom. The maximum absolute atomic E-state index is 12.4. The normalized spacial score (nSPS) is 16.7. The summed E-state index contributed by atoms with van der Waals surface area (Å²) < 4.78 is 5.15. The smallest absolute Gasteiger partial charge is 0.248 e. The quantitative estimate of drug-likeness (QED) is 0.797. The number of aromatic nitrogens is 2. The number of ether oxygens (including phenoxy) is 1. The SMILES string of the molecule is CCOCC(=O)N1CCC(C(=O)N[C@H](C)Cc2cnccn2)CC1. The highest BCUT2D eigenvalue weighted by molar-refractivity contribution is 5.80. The summed E-state index contributed by atoms with van der Waals surface area (Å²) in [5.74, 6) is 0.0282. The molecule has 7 nitrogen and oxygen atoms in total. The molecule has 1 aliphatic heterocycles. The molecule has 2 heterocycles. The van der Waals surface area contributed by atoms with Crippen molar-refractivity contribution in [2.45, 2.75) is 39.2 Å². The van der Waals surface area contributed by atoms with Crippen LogP contribution in [0.3, 0.4) is 0 Å². The molecule has 0 aliphatic carbocycles. The van der Waals surface area contributed by atoms with E-state index in [0.717, 1.165) is 5.69 Å². The summed E-state index contributed by atoms with van der Waals surface area (Å²) in [7, 11) is 0. The minimum Gasteiger partial charge on any atom is -0.372 e. The van der Waals surface area contributed by atoms with Crippen LogP contribution in [0, 0.1) is 5.92 Å². The highest BCUT2D eigenvalue weighted by Crippen LogP contribution is 2.18. The van der Waals surface area contributed by atoms with Crippen LogP contribution in [0.2, 0.25) is 0 Å². The van der Waals surface area contributed by atoms with Gasteiger partial charge in [-0.05, 0) is 26.7 Å². The Morgan fingerprint density at radius 2 is 2.12 bits per heavy atom. The first-order valence-corrected chi connectivity index (χ1v) is 8.51. The summed E-state index contributed by atoms with van der Waals surface area (Å²) in [4.78, 5) is 34.3. The molecule has 132 valence electrons. The third-order valence-corrected chi connectivity index (χ3v) is 4.17. The largest absolute Gasteiger partial charge is 0.372 e. The van der Waals surface area contributed by atoms with Gasteiger partial charge < -0.3 is 15.0 Å². The van der Waals surface area contributed by atoms with Crippen LogP contribution in [-0.2, 0) is 20.7 Å². The first-order chi connectivity index (χ1) is 11.6. The Labute approximate surface area is 142 Å². The van der Waals surface area contributed by atoms with Crippen molar-refractivity contribution in [3.8, 4) is 0 Å². The van der Waals surface area contributed by atoms with Crippen LogP contribution in [0.1, 0.15) is 32.4 Å². The zero-order valence-electron chi connectivity index (χ0n) is 14.4. The summed E-state index contributed by atoms with van der Waals surface area (Å²) in [6.07, 6.45) is 7.05. The predicted molar refractivity (Wildman–Crippen MR) is 89.1 cm³/mol. The van der Waals surface area contributed by atoms with Crippen molar-refractivity contribution in [3.05, 3.63) is 24.3 Å². The highest BCUT2D eigenvalue weighted by atomic mass is 16.5. The molecule has 1 aromatic rings. The van der Waals surface area contributed by atoms with E-state index in [1.165, 1.54) is 0 Å². The summed E-state index contributed by atoms with van der Waals surface area (Å²) in [5.41, 5.74) is 0.863. The van der Waals surface area contributed by atoms with Crippen molar-refractivity contribution in [1.29, 1.82) is 0 Å². The monoisotopic (exact) mass is 334 g/mol. The average molecular weight is 334 g/mol. The second-order valence-electron chi connectivity index (χ2n) is 6.10. The van der Waals surface area contributed by atoms with Crippen LogP contribution >= 0.6 is 0 Å². The van der Waals surface area contributed by atoms with Gasteiger partial charge in [-0.1, -0.05) is 0 Å². The zero-order chi connectivity index (χ0) is 17.4. The van der Waals surface area contributed by atoms with E-state index in [1.807, 2.05) is 13.8 Å². The number of likely N-dealkylation sites (tertiary alicyclic amines) is 1. The van der Waals surface area contributed by atoms with Crippen LogP contribution in [-0.4, -0.2) is 59.0 Å². The number of nitrogens with zero attached hydrogens (tertiary/aromatic N) is 3. The second kappa shape index (κ2) is 9.32. The molecular formula is C17H26N4O3. The standard InChI is InChI=1S/C17H26N4O3/c1-3-24-12-16(22)21-8-4-14(5-9-21)17(23)20-13(2)10-15-11-18-6-7-19-15/h6-7,11,13-14H,3-5,8-10,12H2,1-2H3,(H,20,23)/t13-/m1/s1. The van der Waals surface area contributed by atoms with Crippen molar-refractivity contribution in [1.82, 2.24) is 20.2 Å². The topological polar surface area (TPSA) is 84.4 Å². The third kappa shape index (κ3) is 5.56. The number of carbonyl (C=O) groups excluding carboxylic acids is 2. The van der Waals surface area contributed by atoms with Gasteiger partial charge in [-0.3, -0.25) is 19.6 Å². The Bertz CT molecular complexity index is 530. The Hall–Kier alpha value is -2.02. The van der Waals surface area contributed by atoms with E-state index in [-0.39, 0.29) is 30.4 Å². The van der Waals surface area contributed by atoms with Gasteiger partial charge in [0.05, 0.1) is 5.69 Å². The van der Waals surface area contributed by atoms with Gasteiger partial charge in [-0.25, -0.2) is 0 Å². The number of rotatable bonds is 7. The fourth-order valence-corrected chi connectivity index (χ4v) is 2.83. The number of nitrogens with one attached hydrogen (secondary N) is 1. The number of amides is 2. The van der Waals surface area contributed by atoms with Gasteiger partial charge in [0.2, 0.25) is 11.8 Å². The van der Waals surface area contributed by atoms with Gasteiger partial charge in [0.15, 0.2) is 0 Å². The van der Waals surface area contributed by atoms with Crippen molar-refractivity contribution in [3.63, 3.8) is 0 Å². The number of hydrogen-bond acceptors (Lipinski definition) is 5. The molecule has 0 unspecified atom stereocenters. The molecule has 1 aromatic heterocycles. The molecule has 1 N–H and O–H groups in total. The van der Waals surface area contributed by atoms with Gasteiger partial charge in [0.1, 0.15) is 6.61 Å². The first-order valence-electron chi connectivity index (χ1n) is 8.51. The maximum atomic E-state index is 12.4. The van der Waals surface area contributed by atoms with Crippen LogP contribution in [0.25, 0.3) is 0 Å². The van der Waals surface area contributed by atoms with Crippen molar-refractivity contribution in [2.24, 2.45) is 5.92 Å². The minimum absolute atomic E-state index is 0.00623. The maximum Gasteiger partial charge on any atom is 0.248 e. The Balaban J connectivity index is 1.73. The van der Waals surface area contributed by atoms with Crippen molar-refractivity contribution in [2.75, 3.05) is 26.3 Å². The van der Waals surface area contributed by atoms with Gasteiger partial charge >= 0.3 is 0 Å². The van der Waals surface area contributed by atoms with Crippen molar-refractivity contribution < 1.29 is 14.3 Å². The van der Waals surface area contributed by atoms with E-state index in [2.05, 4.69) is 15.3 Å². The van der Waals surface area contributed by atoms with Crippen LogP contribution in [0.4, 0.5) is 0 Å². The van der Waals surface area contributed by atoms with E-state index < -0.39 is 0 Å². The molecule has 24 heavy (non-hydrogen) atoms. The van der Waals surface area contributed by atoms with Gasteiger partial charge in [-0.15, -0.1) is 0 Å². The van der Waals surface area contributed by atoms with Gasteiger partial charge in [-0.2, -0.15) is 0 Å². The first kappa shape index (κ1) is 18.3. The Morgan fingerprint density at radius 1 is 1.38 bits per heavy atom. The summed E-state index contributed by atoms with van der Waals surface area (Å²) >= 11 is 0. The molecule has 2 rings (SSSR count). The molecule has 1 fully saturated rings. The lowest BCUT2D eigenvalue weighted by Crippen LogP contribution is -2.46. The average Bonchev–Trinajstić information content (AvgIpc) is 2.60. The number of hydrogen-bond donors (Lipinski definition) is 1. The molecule has 0 aromatic carbocycles. The molecule has 0 radical (unpaired) electrons. The van der Waals surface area contributed by atoms with Crippen LogP contribution < -0.4 is 5.32 Å². The zero-order valence-corrected chi connectivity index (χ0v) is 14.4. The Kier molecular flexibility index (Phi) is 7.11. The summed E-state index contributed by atoms with van der Waals surface area (Å²) in [5, 5.41) is 3.04. The van der Waals surface area contributed by atoms with E-state index in [1.54, 1.807) is 23.5 Å². The molecule has 2 amide bonds. The summed E-state index contributed by atoms with van der Waals surface area (Å²) in [6, 6.07) is 0.00631. The van der Waals surface area contributed by atoms with Crippen molar-refractivity contribution >= 4 is 11.8 Å². The fraction of sp³-hybridized carbons (Fsp3) is 0.647. The lowest BCUT2D eigenvalue weighted by molar-refractivity contribution is -0.139. The lowest BCUT2D eigenvalue weighted by Gasteiger charge is -2.31. The molecular weight excluding hydrogens is 308 g/mol. The number of carbonyl (C=O) groups is 2. The van der Waals surface area contributed by atoms with Crippen LogP contribution in [0.15, 0.2) is 18.6 Å². The second-order valence-corrected chi connectivity index (χ2v) is 6.10. The lowest BCUT2D eigenvalue weighted by atomic mass is 9.95. The fourth-order valence-electron chi connectivity index (χ4n) is 2.83. The highest BCUT2D eigenvalue weighted by Gasteiger charge is 2.27. The van der Waals surface area contributed by atoms with E-state index in [9.17, 15) is 9.59 Å². The van der Waals surface area contributed by atoms with Gasteiger partial charge in [0, 0.05) is 56.7 Å². The van der Waals surface area contributed by atoms with Gasteiger partial charge in [0.25, 0.3) is 0 Å².